The molecule has 6 nitrogen and oxygen atoms in total. The Bertz CT molecular complexity index is 757. The van der Waals surface area contributed by atoms with Crippen LogP contribution >= 0.6 is 0 Å². The molecule has 20 heavy (non-hydrogen) atoms. The minimum Gasteiger partial charge on any atom is -0.504 e. The fourth-order valence-corrected chi connectivity index (χ4v) is 1.88. The molecule has 0 aliphatic carbocycles. The van der Waals surface area contributed by atoms with E-state index in [4.69, 9.17) is 5.73 Å². The molecular weight excluding hydrogens is 261 g/mol. The van der Waals surface area contributed by atoms with Crippen LogP contribution in [0, 0.1) is 5.82 Å². The van der Waals surface area contributed by atoms with E-state index in [0.29, 0.717) is 11.3 Å². The number of nitrogens with two attached hydrogens (primary N) is 1. The summed E-state index contributed by atoms with van der Waals surface area (Å²) in [4.78, 5) is 0. The lowest BCUT2D eigenvalue weighted by atomic mass is 10.1. The Morgan fingerprint density at radius 1 is 1.20 bits per heavy atom. The average molecular weight is 271 g/mol. The molecule has 2 heterocycles. The Kier molecular flexibility index (Phi) is 2.79. The summed E-state index contributed by atoms with van der Waals surface area (Å²) >= 11 is 0. The van der Waals surface area contributed by atoms with Crippen molar-refractivity contribution in [3.05, 3.63) is 42.5 Å². The number of phenols is 1. The zero-order valence-electron chi connectivity index (χ0n) is 10.2. The molecule has 0 spiro atoms. The van der Waals surface area contributed by atoms with Gasteiger partial charge in [0.15, 0.2) is 17.4 Å². The van der Waals surface area contributed by atoms with Crippen molar-refractivity contribution in [2.24, 2.45) is 0 Å². The van der Waals surface area contributed by atoms with E-state index in [1.165, 1.54) is 12.1 Å². The van der Waals surface area contributed by atoms with Gasteiger partial charge in [-0.1, -0.05) is 6.07 Å². The van der Waals surface area contributed by atoms with Crippen molar-refractivity contribution in [1.29, 1.82) is 0 Å². The zero-order chi connectivity index (χ0) is 14.1. The first-order valence-electron chi connectivity index (χ1n) is 5.77. The van der Waals surface area contributed by atoms with Gasteiger partial charge in [-0.15, -0.1) is 10.2 Å². The predicted molar refractivity (Wildman–Crippen MR) is 71.1 cm³/mol. The number of hydrogen-bond acceptors (Lipinski definition) is 5. The number of nitrogens with zero attached hydrogens (tertiary/aromatic N) is 3. The fourth-order valence-electron chi connectivity index (χ4n) is 1.88. The van der Waals surface area contributed by atoms with Gasteiger partial charge in [-0.3, -0.25) is 5.10 Å². The SMILES string of the molecule is Nc1nnc(-c2cccc(F)c2O)cc1-c1cn[nH]c1. The number of hydrogen-bond donors (Lipinski definition) is 3. The standard InChI is InChI=1S/C13H10FN5O/c14-10-3-1-2-8(12(10)20)11-4-9(13(15)19-18-11)7-5-16-17-6-7/h1-6,20H,(H2,15,19)(H,16,17). The van der Waals surface area contributed by atoms with Crippen molar-refractivity contribution >= 4 is 5.82 Å². The highest BCUT2D eigenvalue weighted by Gasteiger charge is 2.14. The molecule has 0 radical (unpaired) electrons. The summed E-state index contributed by atoms with van der Waals surface area (Å²) in [5, 5.41) is 24.0. The Hall–Kier alpha value is -2.96. The maximum absolute atomic E-state index is 13.4. The van der Waals surface area contributed by atoms with Crippen LogP contribution in [0.15, 0.2) is 36.7 Å². The second-order valence-electron chi connectivity index (χ2n) is 4.15. The molecule has 2 aromatic heterocycles. The van der Waals surface area contributed by atoms with Crippen LogP contribution in [0.3, 0.4) is 0 Å². The van der Waals surface area contributed by atoms with Crippen molar-refractivity contribution in [2.75, 3.05) is 5.73 Å². The summed E-state index contributed by atoms with van der Waals surface area (Å²) < 4.78 is 13.4. The second kappa shape index (κ2) is 4.61. The molecule has 0 saturated carbocycles. The Balaban J connectivity index is 2.17. The van der Waals surface area contributed by atoms with Gasteiger partial charge in [0.2, 0.25) is 0 Å². The van der Waals surface area contributed by atoms with Crippen molar-refractivity contribution in [3.8, 4) is 28.1 Å². The lowest BCUT2D eigenvalue weighted by Crippen LogP contribution is -1.98. The van der Waals surface area contributed by atoms with E-state index < -0.39 is 11.6 Å². The lowest BCUT2D eigenvalue weighted by molar-refractivity contribution is 0.434. The fraction of sp³-hybridized carbons (Fsp3) is 0. The molecule has 0 atom stereocenters. The third kappa shape index (κ3) is 1.95. The highest BCUT2D eigenvalue weighted by molar-refractivity contribution is 5.78. The smallest absolute Gasteiger partial charge is 0.165 e. The van der Waals surface area contributed by atoms with E-state index >= 15 is 0 Å². The number of rotatable bonds is 2. The van der Waals surface area contributed by atoms with Crippen LogP contribution in [0.2, 0.25) is 0 Å². The number of aromatic hydroxyl groups is 1. The van der Waals surface area contributed by atoms with Crippen molar-refractivity contribution in [1.82, 2.24) is 20.4 Å². The third-order valence-corrected chi connectivity index (χ3v) is 2.89. The molecule has 0 unspecified atom stereocenters. The van der Waals surface area contributed by atoms with Gasteiger partial charge in [-0.25, -0.2) is 4.39 Å². The highest BCUT2D eigenvalue weighted by atomic mass is 19.1. The summed E-state index contributed by atoms with van der Waals surface area (Å²) in [6, 6.07) is 5.83. The molecule has 7 heteroatoms. The minimum absolute atomic E-state index is 0.228. The van der Waals surface area contributed by atoms with Gasteiger partial charge in [-0.05, 0) is 18.2 Å². The van der Waals surface area contributed by atoms with Crippen molar-refractivity contribution in [3.63, 3.8) is 0 Å². The summed E-state index contributed by atoms with van der Waals surface area (Å²) in [5.41, 5.74) is 7.69. The van der Waals surface area contributed by atoms with Crippen molar-refractivity contribution in [2.45, 2.75) is 0 Å². The van der Waals surface area contributed by atoms with Gasteiger partial charge in [0.05, 0.1) is 11.9 Å². The van der Waals surface area contributed by atoms with Crippen LogP contribution < -0.4 is 5.73 Å². The van der Waals surface area contributed by atoms with E-state index in [-0.39, 0.29) is 11.4 Å². The number of nitrogen functional groups attached to an aromatic ring is 1. The van der Waals surface area contributed by atoms with Crippen molar-refractivity contribution < 1.29 is 9.50 Å². The topological polar surface area (TPSA) is 101 Å². The third-order valence-electron chi connectivity index (χ3n) is 2.89. The number of halogens is 1. The predicted octanol–water partition coefficient (Wildman–Crippen LogP) is 1.96. The van der Waals surface area contributed by atoms with Gasteiger partial charge in [0.25, 0.3) is 0 Å². The Morgan fingerprint density at radius 3 is 2.80 bits per heavy atom. The molecule has 0 bridgehead atoms. The molecule has 3 rings (SSSR count). The molecule has 0 saturated heterocycles. The number of aromatic amines is 1. The number of H-pyrrole nitrogens is 1. The molecule has 4 N–H and O–H groups in total. The number of para-hydroxylation sites is 1. The molecule has 1 aromatic carbocycles. The number of aromatic nitrogens is 4. The van der Waals surface area contributed by atoms with Gasteiger partial charge < -0.3 is 10.8 Å². The van der Waals surface area contributed by atoms with E-state index in [1.807, 2.05) is 0 Å². The summed E-state index contributed by atoms with van der Waals surface area (Å²) in [6.45, 7) is 0. The maximum Gasteiger partial charge on any atom is 0.165 e. The second-order valence-corrected chi connectivity index (χ2v) is 4.15. The number of anilines is 1. The first kappa shape index (κ1) is 12.1. The van der Waals surface area contributed by atoms with Gasteiger partial charge >= 0.3 is 0 Å². The van der Waals surface area contributed by atoms with Crippen LogP contribution in [0.4, 0.5) is 10.2 Å². The first-order valence-corrected chi connectivity index (χ1v) is 5.77. The Morgan fingerprint density at radius 2 is 2.05 bits per heavy atom. The first-order chi connectivity index (χ1) is 9.66. The van der Waals surface area contributed by atoms with Crippen LogP contribution in [0.25, 0.3) is 22.4 Å². The summed E-state index contributed by atoms with van der Waals surface area (Å²) in [5.74, 6) is -0.957. The van der Waals surface area contributed by atoms with E-state index in [9.17, 15) is 9.50 Å². The zero-order valence-corrected chi connectivity index (χ0v) is 10.2. The largest absolute Gasteiger partial charge is 0.504 e. The molecule has 0 fully saturated rings. The monoisotopic (exact) mass is 271 g/mol. The molecule has 0 aliphatic rings. The molecular formula is C13H10FN5O. The van der Waals surface area contributed by atoms with E-state index in [0.717, 1.165) is 5.56 Å². The highest BCUT2D eigenvalue weighted by Crippen LogP contribution is 2.33. The lowest BCUT2D eigenvalue weighted by Gasteiger charge is -2.07. The van der Waals surface area contributed by atoms with E-state index in [2.05, 4.69) is 20.4 Å². The summed E-state index contributed by atoms with van der Waals surface area (Å²) in [6.07, 6.45) is 3.24. The number of nitrogens with one attached hydrogen (secondary N) is 1. The average Bonchev–Trinajstić information content (AvgIpc) is 2.97. The Labute approximate surface area is 113 Å². The molecule has 100 valence electrons. The maximum atomic E-state index is 13.4. The van der Waals surface area contributed by atoms with E-state index in [1.54, 1.807) is 24.5 Å². The summed E-state index contributed by atoms with van der Waals surface area (Å²) in [7, 11) is 0. The number of phenolic OH excluding ortho intramolecular Hbond substituents is 1. The van der Waals surface area contributed by atoms with Crippen LogP contribution in [-0.4, -0.2) is 25.5 Å². The minimum atomic E-state index is -0.717. The quantitative estimate of drug-likeness (QED) is 0.661. The molecule has 0 amide bonds. The van der Waals surface area contributed by atoms with Gasteiger partial charge in [0.1, 0.15) is 0 Å². The molecule has 0 aliphatic heterocycles. The number of benzene rings is 1. The molecule has 3 aromatic rings. The van der Waals surface area contributed by atoms with Crippen LogP contribution in [0.5, 0.6) is 5.75 Å². The van der Waals surface area contributed by atoms with Crippen LogP contribution in [0.1, 0.15) is 0 Å². The normalized spacial score (nSPS) is 10.7. The van der Waals surface area contributed by atoms with Gasteiger partial charge in [-0.2, -0.15) is 5.10 Å². The van der Waals surface area contributed by atoms with Crippen LogP contribution in [-0.2, 0) is 0 Å². The van der Waals surface area contributed by atoms with Gasteiger partial charge in [0, 0.05) is 22.9 Å².